The molecule has 1 aliphatic heterocycles. The number of rotatable bonds is 3. The van der Waals surface area contributed by atoms with E-state index in [2.05, 4.69) is 43.0 Å². The Balaban J connectivity index is 1.99. The molecule has 3 nitrogen and oxygen atoms in total. The van der Waals surface area contributed by atoms with Crippen molar-refractivity contribution in [1.82, 2.24) is 4.90 Å². The second kappa shape index (κ2) is 5.61. The van der Waals surface area contributed by atoms with Crippen LogP contribution in [0.4, 0.5) is 11.4 Å². The summed E-state index contributed by atoms with van der Waals surface area (Å²) in [7, 11) is 4.32. The number of piperidine rings is 1. The zero-order valence-corrected chi connectivity index (χ0v) is 11.8. The molecule has 100 valence electrons. The van der Waals surface area contributed by atoms with Crippen molar-refractivity contribution in [2.45, 2.75) is 19.8 Å². The van der Waals surface area contributed by atoms with E-state index in [4.69, 9.17) is 5.73 Å². The second-order valence-corrected chi connectivity index (χ2v) is 5.68. The summed E-state index contributed by atoms with van der Waals surface area (Å²) in [6.45, 7) is 5.64. The van der Waals surface area contributed by atoms with E-state index < -0.39 is 0 Å². The quantitative estimate of drug-likeness (QED) is 0.832. The van der Waals surface area contributed by atoms with E-state index in [1.54, 1.807) is 0 Å². The average Bonchev–Trinajstić information content (AvgIpc) is 2.33. The van der Waals surface area contributed by atoms with Crippen LogP contribution in [0.5, 0.6) is 0 Å². The van der Waals surface area contributed by atoms with Crippen molar-refractivity contribution >= 4 is 11.4 Å². The molecule has 3 heteroatoms. The maximum absolute atomic E-state index is 5.99. The molecule has 1 aromatic rings. The predicted molar refractivity (Wildman–Crippen MR) is 79.1 cm³/mol. The minimum Gasteiger partial charge on any atom is -0.398 e. The first-order valence-corrected chi connectivity index (χ1v) is 6.82. The van der Waals surface area contributed by atoms with Gasteiger partial charge in [0.15, 0.2) is 0 Å². The predicted octanol–water partition coefficient (Wildman–Crippen LogP) is 2.36. The van der Waals surface area contributed by atoms with Gasteiger partial charge in [-0.25, -0.2) is 0 Å². The number of nitrogens with zero attached hydrogens (tertiary/aromatic N) is 2. The van der Waals surface area contributed by atoms with E-state index in [9.17, 15) is 0 Å². The molecule has 0 spiro atoms. The lowest BCUT2D eigenvalue weighted by Crippen LogP contribution is -2.37. The van der Waals surface area contributed by atoms with Gasteiger partial charge < -0.3 is 15.5 Å². The van der Waals surface area contributed by atoms with Crippen LogP contribution in [0.2, 0.25) is 0 Å². The zero-order chi connectivity index (χ0) is 13.1. The van der Waals surface area contributed by atoms with Crippen molar-refractivity contribution in [2.24, 2.45) is 5.92 Å². The van der Waals surface area contributed by atoms with Gasteiger partial charge in [0.1, 0.15) is 0 Å². The molecule has 0 saturated carbocycles. The molecule has 1 saturated heterocycles. The summed E-state index contributed by atoms with van der Waals surface area (Å²) >= 11 is 0. The van der Waals surface area contributed by atoms with Gasteiger partial charge in [0.25, 0.3) is 0 Å². The number of hydrogen-bond acceptors (Lipinski definition) is 3. The largest absolute Gasteiger partial charge is 0.398 e. The lowest BCUT2D eigenvalue weighted by molar-refractivity contribution is 0.285. The molecule has 0 amide bonds. The Kier molecular flexibility index (Phi) is 4.12. The first-order chi connectivity index (χ1) is 8.58. The first kappa shape index (κ1) is 13.2. The van der Waals surface area contributed by atoms with E-state index >= 15 is 0 Å². The highest BCUT2D eigenvalue weighted by Gasteiger charge is 2.20. The molecule has 0 radical (unpaired) electrons. The van der Waals surface area contributed by atoms with Gasteiger partial charge in [-0.15, -0.1) is 0 Å². The van der Waals surface area contributed by atoms with Gasteiger partial charge in [0, 0.05) is 31.0 Å². The highest BCUT2D eigenvalue weighted by Crippen LogP contribution is 2.28. The van der Waals surface area contributed by atoms with Gasteiger partial charge in [0.05, 0.1) is 0 Å². The number of anilines is 2. The third kappa shape index (κ3) is 2.96. The Morgan fingerprint density at radius 1 is 1.28 bits per heavy atom. The van der Waals surface area contributed by atoms with E-state index in [-0.39, 0.29) is 0 Å². The van der Waals surface area contributed by atoms with Crippen molar-refractivity contribution in [3.05, 3.63) is 23.8 Å². The van der Waals surface area contributed by atoms with Crippen LogP contribution >= 0.6 is 0 Å². The van der Waals surface area contributed by atoms with Crippen LogP contribution in [0.15, 0.2) is 18.2 Å². The third-order valence-corrected chi connectivity index (χ3v) is 3.93. The maximum Gasteiger partial charge on any atom is 0.0416 e. The summed E-state index contributed by atoms with van der Waals surface area (Å²) in [6.07, 6.45) is 2.57. The summed E-state index contributed by atoms with van der Waals surface area (Å²) in [4.78, 5) is 4.78. The lowest BCUT2D eigenvalue weighted by atomic mass is 9.95. The highest BCUT2D eigenvalue weighted by molar-refractivity contribution is 5.64. The van der Waals surface area contributed by atoms with E-state index in [1.165, 1.54) is 30.6 Å². The molecule has 1 heterocycles. The molecule has 0 atom stereocenters. The Bertz CT molecular complexity index is 393. The molecule has 18 heavy (non-hydrogen) atoms. The second-order valence-electron chi connectivity index (χ2n) is 5.68. The fourth-order valence-corrected chi connectivity index (χ4v) is 2.86. The smallest absolute Gasteiger partial charge is 0.0416 e. The van der Waals surface area contributed by atoms with Crippen molar-refractivity contribution in [1.29, 1.82) is 0 Å². The molecule has 0 aliphatic carbocycles. The van der Waals surface area contributed by atoms with Crippen molar-refractivity contribution in [3.8, 4) is 0 Å². The topological polar surface area (TPSA) is 32.5 Å². The number of nitrogens with two attached hydrogens (primary N) is 1. The molecule has 2 rings (SSSR count). The van der Waals surface area contributed by atoms with Gasteiger partial charge >= 0.3 is 0 Å². The van der Waals surface area contributed by atoms with E-state index in [1.807, 2.05) is 6.07 Å². The summed E-state index contributed by atoms with van der Waals surface area (Å²) in [5, 5.41) is 0. The van der Waals surface area contributed by atoms with Gasteiger partial charge in [-0.05, 0) is 57.5 Å². The molecular formula is C15H25N3. The molecule has 0 aromatic heterocycles. The van der Waals surface area contributed by atoms with Gasteiger partial charge in [-0.1, -0.05) is 6.07 Å². The summed E-state index contributed by atoms with van der Waals surface area (Å²) in [5.41, 5.74) is 9.44. The van der Waals surface area contributed by atoms with Gasteiger partial charge in [0.2, 0.25) is 0 Å². The zero-order valence-electron chi connectivity index (χ0n) is 11.8. The van der Waals surface area contributed by atoms with Crippen LogP contribution in [0, 0.1) is 12.8 Å². The van der Waals surface area contributed by atoms with Crippen LogP contribution in [-0.4, -0.2) is 38.6 Å². The van der Waals surface area contributed by atoms with Crippen molar-refractivity contribution < 1.29 is 0 Å². The summed E-state index contributed by atoms with van der Waals surface area (Å²) < 4.78 is 0. The molecule has 1 aromatic carbocycles. The number of hydrogen-bond donors (Lipinski definition) is 1. The van der Waals surface area contributed by atoms with Crippen LogP contribution in [0.1, 0.15) is 18.4 Å². The SMILES string of the molecule is Cc1c(N)cccc1N1CCC(CN(C)C)CC1. The maximum atomic E-state index is 5.99. The van der Waals surface area contributed by atoms with Crippen LogP contribution in [-0.2, 0) is 0 Å². The average molecular weight is 247 g/mol. The summed E-state index contributed by atoms with van der Waals surface area (Å²) in [6, 6.07) is 6.24. The highest BCUT2D eigenvalue weighted by atomic mass is 15.1. The third-order valence-electron chi connectivity index (χ3n) is 3.93. The molecule has 0 unspecified atom stereocenters. The van der Waals surface area contributed by atoms with Gasteiger partial charge in [-0.2, -0.15) is 0 Å². The number of nitrogen functional groups attached to an aromatic ring is 1. The first-order valence-electron chi connectivity index (χ1n) is 6.82. The molecule has 0 bridgehead atoms. The Labute approximate surface area is 111 Å². The van der Waals surface area contributed by atoms with Gasteiger partial charge in [-0.3, -0.25) is 0 Å². The van der Waals surface area contributed by atoms with Crippen LogP contribution < -0.4 is 10.6 Å². The van der Waals surface area contributed by atoms with E-state index in [0.29, 0.717) is 0 Å². The fraction of sp³-hybridized carbons (Fsp3) is 0.600. The minimum atomic E-state index is 0.845. The van der Waals surface area contributed by atoms with E-state index in [0.717, 1.165) is 24.7 Å². The van der Waals surface area contributed by atoms with Crippen molar-refractivity contribution in [3.63, 3.8) is 0 Å². The van der Waals surface area contributed by atoms with Crippen molar-refractivity contribution in [2.75, 3.05) is 44.4 Å². The lowest BCUT2D eigenvalue weighted by Gasteiger charge is -2.35. The molecular weight excluding hydrogens is 222 g/mol. The minimum absolute atomic E-state index is 0.845. The Hall–Kier alpha value is -1.22. The molecule has 1 fully saturated rings. The molecule has 1 aliphatic rings. The summed E-state index contributed by atoms with van der Waals surface area (Å²) in [5.74, 6) is 0.845. The molecule has 2 N–H and O–H groups in total. The standard InChI is InChI=1S/C15H25N3/c1-12-14(16)5-4-6-15(12)18-9-7-13(8-10-18)11-17(2)3/h4-6,13H,7-11,16H2,1-3H3. The Morgan fingerprint density at radius 3 is 2.56 bits per heavy atom. The van der Waals surface area contributed by atoms with Crippen LogP contribution in [0.25, 0.3) is 0 Å². The van der Waals surface area contributed by atoms with Crippen LogP contribution in [0.3, 0.4) is 0 Å². The monoisotopic (exact) mass is 247 g/mol. The number of benzene rings is 1. The normalized spacial score (nSPS) is 17.4. The Morgan fingerprint density at radius 2 is 1.94 bits per heavy atom. The fourth-order valence-electron chi connectivity index (χ4n) is 2.86.